The van der Waals surface area contributed by atoms with Crippen LogP contribution in [-0.2, 0) is 6.42 Å². The Bertz CT molecular complexity index is 754. The molecular formula is C17H18N2O. The van der Waals surface area contributed by atoms with Crippen molar-refractivity contribution in [2.24, 2.45) is 0 Å². The van der Waals surface area contributed by atoms with E-state index in [1.807, 2.05) is 6.20 Å². The molecule has 20 heavy (non-hydrogen) atoms. The summed E-state index contributed by atoms with van der Waals surface area (Å²) in [5, 5.41) is 1.28. The van der Waals surface area contributed by atoms with Crippen molar-refractivity contribution in [2.75, 3.05) is 13.6 Å². The van der Waals surface area contributed by atoms with Crippen molar-refractivity contribution >= 4 is 22.4 Å². The monoisotopic (exact) mass is 266 g/mol. The van der Waals surface area contributed by atoms with Gasteiger partial charge in [0.05, 0.1) is 5.52 Å². The van der Waals surface area contributed by atoms with Crippen LogP contribution in [-0.4, -0.2) is 35.0 Å². The number of carbonyl (C=O) groups excluding carboxylic acids is 1. The summed E-state index contributed by atoms with van der Waals surface area (Å²) in [6.45, 7) is 2.75. The first-order valence-corrected chi connectivity index (χ1v) is 7.21. The molecule has 2 aliphatic rings. The highest BCUT2D eigenvalue weighted by Crippen LogP contribution is 2.40. The van der Waals surface area contributed by atoms with Crippen LogP contribution in [0.15, 0.2) is 30.5 Å². The molecule has 102 valence electrons. The SMILES string of the molecule is CC(=O)n1cc2c3c(cccc31)C1=CCCN(C)[C@@H]1C2. The quantitative estimate of drug-likeness (QED) is 0.732. The molecule has 0 radical (unpaired) electrons. The fourth-order valence-electron chi connectivity index (χ4n) is 3.74. The van der Waals surface area contributed by atoms with Crippen molar-refractivity contribution in [3.63, 3.8) is 0 Å². The van der Waals surface area contributed by atoms with Crippen molar-refractivity contribution < 1.29 is 4.79 Å². The van der Waals surface area contributed by atoms with Crippen LogP contribution in [0.1, 0.15) is 29.3 Å². The van der Waals surface area contributed by atoms with Gasteiger partial charge in [-0.1, -0.05) is 18.2 Å². The Morgan fingerprint density at radius 1 is 1.35 bits per heavy atom. The van der Waals surface area contributed by atoms with E-state index in [4.69, 9.17) is 0 Å². The van der Waals surface area contributed by atoms with Gasteiger partial charge in [0, 0.05) is 31.1 Å². The lowest BCUT2D eigenvalue weighted by Crippen LogP contribution is -2.39. The van der Waals surface area contributed by atoms with E-state index in [0.717, 1.165) is 24.9 Å². The number of benzene rings is 1. The lowest BCUT2D eigenvalue weighted by atomic mass is 9.82. The van der Waals surface area contributed by atoms with Gasteiger partial charge in [-0.15, -0.1) is 0 Å². The number of aromatic nitrogens is 1. The van der Waals surface area contributed by atoms with Crippen molar-refractivity contribution in [1.82, 2.24) is 9.47 Å². The number of likely N-dealkylation sites (N-methyl/N-ethyl adjacent to an activating group) is 1. The van der Waals surface area contributed by atoms with Gasteiger partial charge < -0.3 is 0 Å². The zero-order valence-electron chi connectivity index (χ0n) is 11.9. The number of hydrogen-bond acceptors (Lipinski definition) is 2. The number of carbonyl (C=O) groups is 1. The smallest absolute Gasteiger partial charge is 0.227 e. The minimum atomic E-state index is 0.0885. The van der Waals surface area contributed by atoms with Gasteiger partial charge in [-0.05, 0) is 42.7 Å². The Kier molecular flexibility index (Phi) is 2.42. The van der Waals surface area contributed by atoms with Crippen LogP contribution in [0.5, 0.6) is 0 Å². The summed E-state index contributed by atoms with van der Waals surface area (Å²) in [6.07, 6.45) is 6.54. The molecule has 1 aromatic carbocycles. The van der Waals surface area contributed by atoms with E-state index in [0.29, 0.717) is 6.04 Å². The maximum atomic E-state index is 11.8. The average Bonchev–Trinajstić information content (AvgIpc) is 2.81. The highest BCUT2D eigenvalue weighted by molar-refractivity contribution is 6.02. The molecule has 3 heteroatoms. The molecule has 2 aromatic rings. The number of fused-ring (bicyclic) bond motifs is 2. The van der Waals surface area contributed by atoms with Crippen LogP contribution in [0.25, 0.3) is 16.5 Å². The second kappa shape index (κ2) is 4.06. The van der Waals surface area contributed by atoms with Crippen LogP contribution < -0.4 is 0 Å². The Labute approximate surface area is 118 Å². The summed E-state index contributed by atoms with van der Waals surface area (Å²) >= 11 is 0. The standard InChI is InChI=1S/C17H18N2O/c1-11(20)19-10-12-9-16-13(6-4-8-18(16)2)14-5-3-7-15(19)17(12)14/h3,5-7,10,16H,4,8-9H2,1-2H3/t16-/m1/s1. The summed E-state index contributed by atoms with van der Waals surface area (Å²) in [4.78, 5) is 14.3. The second-order valence-corrected chi connectivity index (χ2v) is 5.89. The maximum Gasteiger partial charge on any atom is 0.227 e. The number of nitrogens with zero attached hydrogens (tertiary/aromatic N) is 2. The first kappa shape index (κ1) is 11.9. The fourth-order valence-corrected chi connectivity index (χ4v) is 3.74. The van der Waals surface area contributed by atoms with Crippen molar-refractivity contribution in [1.29, 1.82) is 0 Å². The van der Waals surface area contributed by atoms with Crippen LogP contribution >= 0.6 is 0 Å². The number of rotatable bonds is 0. The van der Waals surface area contributed by atoms with Gasteiger partial charge in [0.2, 0.25) is 5.91 Å². The molecule has 0 saturated carbocycles. The molecule has 0 amide bonds. The lowest BCUT2D eigenvalue weighted by molar-refractivity contribution is 0.0941. The molecule has 3 nitrogen and oxygen atoms in total. The first-order valence-electron chi connectivity index (χ1n) is 7.21. The van der Waals surface area contributed by atoms with E-state index in [1.165, 1.54) is 22.1 Å². The molecule has 1 aromatic heterocycles. The van der Waals surface area contributed by atoms with Crippen molar-refractivity contribution in [2.45, 2.75) is 25.8 Å². The molecule has 4 rings (SSSR count). The number of hydrogen-bond donors (Lipinski definition) is 0. The van der Waals surface area contributed by atoms with E-state index >= 15 is 0 Å². The van der Waals surface area contributed by atoms with Gasteiger partial charge in [0.15, 0.2) is 0 Å². The molecule has 2 heterocycles. The van der Waals surface area contributed by atoms with E-state index in [9.17, 15) is 4.79 Å². The molecule has 1 aliphatic carbocycles. The van der Waals surface area contributed by atoms with Gasteiger partial charge in [-0.3, -0.25) is 14.3 Å². The Balaban J connectivity index is 2.04. The molecule has 0 spiro atoms. The second-order valence-electron chi connectivity index (χ2n) is 5.89. The maximum absolute atomic E-state index is 11.8. The van der Waals surface area contributed by atoms with Crippen LogP contribution in [0.2, 0.25) is 0 Å². The largest absolute Gasteiger partial charge is 0.299 e. The molecular weight excluding hydrogens is 248 g/mol. The van der Waals surface area contributed by atoms with E-state index in [2.05, 4.69) is 36.2 Å². The van der Waals surface area contributed by atoms with Gasteiger partial charge in [-0.25, -0.2) is 0 Å². The summed E-state index contributed by atoms with van der Waals surface area (Å²) in [7, 11) is 2.20. The summed E-state index contributed by atoms with van der Waals surface area (Å²) in [5.74, 6) is 0.0885. The molecule has 0 N–H and O–H groups in total. The summed E-state index contributed by atoms with van der Waals surface area (Å²) in [6, 6.07) is 6.79. The molecule has 0 bridgehead atoms. The minimum Gasteiger partial charge on any atom is -0.299 e. The molecule has 0 unspecified atom stereocenters. The Hall–Kier alpha value is -1.87. The lowest BCUT2D eigenvalue weighted by Gasteiger charge is -2.36. The van der Waals surface area contributed by atoms with Crippen molar-refractivity contribution in [3.8, 4) is 0 Å². The molecule has 0 saturated heterocycles. The zero-order valence-corrected chi connectivity index (χ0v) is 11.9. The van der Waals surface area contributed by atoms with E-state index < -0.39 is 0 Å². The Morgan fingerprint density at radius 3 is 3.00 bits per heavy atom. The summed E-state index contributed by atoms with van der Waals surface area (Å²) in [5.41, 5.74) is 5.12. The molecule has 1 atom stereocenters. The van der Waals surface area contributed by atoms with Crippen molar-refractivity contribution in [3.05, 3.63) is 41.6 Å². The average molecular weight is 266 g/mol. The molecule has 0 fully saturated rings. The van der Waals surface area contributed by atoms with Crippen LogP contribution in [0, 0.1) is 0 Å². The highest BCUT2D eigenvalue weighted by atomic mass is 16.1. The molecule has 1 aliphatic heterocycles. The summed E-state index contributed by atoms with van der Waals surface area (Å²) < 4.78 is 1.80. The van der Waals surface area contributed by atoms with Crippen LogP contribution in [0.3, 0.4) is 0 Å². The van der Waals surface area contributed by atoms with Gasteiger partial charge >= 0.3 is 0 Å². The van der Waals surface area contributed by atoms with Gasteiger partial charge in [-0.2, -0.15) is 0 Å². The third kappa shape index (κ3) is 1.47. The minimum absolute atomic E-state index is 0.0885. The van der Waals surface area contributed by atoms with E-state index in [-0.39, 0.29) is 5.91 Å². The normalized spacial score (nSPS) is 21.7. The van der Waals surface area contributed by atoms with Crippen LogP contribution in [0.4, 0.5) is 0 Å². The van der Waals surface area contributed by atoms with Gasteiger partial charge in [0.1, 0.15) is 0 Å². The van der Waals surface area contributed by atoms with Gasteiger partial charge in [0.25, 0.3) is 0 Å². The first-order chi connectivity index (χ1) is 9.66. The predicted octanol–water partition coefficient (Wildman–Crippen LogP) is 2.95. The zero-order chi connectivity index (χ0) is 13.9. The topological polar surface area (TPSA) is 25.2 Å². The third-order valence-corrected chi connectivity index (χ3v) is 4.71. The Morgan fingerprint density at radius 2 is 2.20 bits per heavy atom. The third-order valence-electron chi connectivity index (χ3n) is 4.71. The highest BCUT2D eigenvalue weighted by Gasteiger charge is 2.31. The fraction of sp³-hybridized carbons (Fsp3) is 0.353. The predicted molar refractivity (Wildman–Crippen MR) is 81.0 cm³/mol. The van der Waals surface area contributed by atoms with E-state index in [1.54, 1.807) is 11.5 Å².